The lowest BCUT2D eigenvalue weighted by molar-refractivity contribution is 0.419. The molecule has 2 aliphatic rings. The maximum absolute atomic E-state index is 5.57. The van der Waals surface area contributed by atoms with Crippen LogP contribution in [0.3, 0.4) is 0 Å². The number of oxazole rings is 1. The number of imidazole rings is 1. The molecule has 1 fully saturated rings. The van der Waals surface area contributed by atoms with Crippen LogP contribution in [0.25, 0.3) is 17.1 Å². The monoisotopic (exact) mass is 394 g/mol. The third kappa shape index (κ3) is 2.65. The smallest absolute Gasteiger partial charge is 0.181 e. The average Bonchev–Trinajstić information content (AvgIpc) is 3.39. The highest BCUT2D eigenvalue weighted by atomic mass is 16.3. The van der Waals surface area contributed by atoms with E-state index in [2.05, 4.69) is 63.9 Å². The summed E-state index contributed by atoms with van der Waals surface area (Å²) < 4.78 is 7.74. The highest BCUT2D eigenvalue weighted by Crippen LogP contribution is 2.40. The van der Waals surface area contributed by atoms with E-state index in [9.17, 15) is 0 Å². The minimum absolute atomic E-state index is 0.0811. The predicted octanol–water partition coefficient (Wildman–Crippen LogP) is 5.71. The van der Waals surface area contributed by atoms with Crippen molar-refractivity contribution in [1.29, 1.82) is 0 Å². The number of fused-ring (bicyclic) bond motifs is 3. The molecular weight excluding hydrogens is 372 g/mol. The lowest BCUT2D eigenvalue weighted by Gasteiger charge is -2.27. The number of rotatable bonds is 3. The first-order chi connectivity index (χ1) is 14.8. The Labute approximate surface area is 175 Å². The SMILES string of the molecule is C[C@@H]1N=C(c2ccccc2)c2cc(C3CCC3)ccc2-n2cnc(-c3cnco3)c21. The van der Waals surface area contributed by atoms with E-state index in [0.29, 0.717) is 11.7 Å². The van der Waals surface area contributed by atoms with Crippen LogP contribution in [0.2, 0.25) is 0 Å². The van der Waals surface area contributed by atoms with Gasteiger partial charge in [0.05, 0.1) is 29.3 Å². The number of benzene rings is 2. The fraction of sp³-hybridized carbons (Fsp3) is 0.240. The van der Waals surface area contributed by atoms with Crippen LogP contribution >= 0.6 is 0 Å². The minimum Gasteiger partial charge on any atom is -0.442 e. The third-order valence-electron chi connectivity index (χ3n) is 6.35. The zero-order chi connectivity index (χ0) is 20.1. The molecule has 2 aromatic carbocycles. The van der Waals surface area contributed by atoms with Gasteiger partial charge in [0.15, 0.2) is 12.2 Å². The Morgan fingerprint density at radius 1 is 1.07 bits per heavy atom. The maximum atomic E-state index is 5.57. The van der Waals surface area contributed by atoms with E-state index in [1.165, 1.54) is 31.2 Å². The van der Waals surface area contributed by atoms with Crippen molar-refractivity contribution >= 4 is 5.71 Å². The third-order valence-corrected chi connectivity index (χ3v) is 6.35. The van der Waals surface area contributed by atoms with Crippen LogP contribution in [0.15, 0.2) is 76.9 Å². The van der Waals surface area contributed by atoms with Gasteiger partial charge in [0.25, 0.3) is 0 Å². The van der Waals surface area contributed by atoms with Crippen molar-refractivity contribution in [2.45, 2.75) is 38.1 Å². The molecule has 0 saturated heterocycles. The lowest BCUT2D eigenvalue weighted by Crippen LogP contribution is -2.12. The molecule has 1 aliphatic carbocycles. The molecule has 6 rings (SSSR count). The van der Waals surface area contributed by atoms with Crippen LogP contribution in [0.4, 0.5) is 0 Å². The number of aliphatic imine (C=N–C) groups is 1. The second-order valence-electron chi connectivity index (χ2n) is 8.14. The summed E-state index contributed by atoms with van der Waals surface area (Å²) in [4.78, 5) is 14.0. The van der Waals surface area contributed by atoms with Crippen LogP contribution < -0.4 is 0 Å². The molecule has 0 unspecified atom stereocenters. The molecule has 0 bridgehead atoms. The van der Waals surface area contributed by atoms with E-state index in [1.54, 1.807) is 6.20 Å². The molecule has 4 aromatic rings. The number of nitrogens with zero attached hydrogens (tertiary/aromatic N) is 4. The van der Waals surface area contributed by atoms with Crippen molar-refractivity contribution in [3.8, 4) is 17.1 Å². The largest absolute Gasteiger partial charge is 0.442 e. The minimum atomic E-state index is -0.0811. The molecule has 1 saturated carbocycles. The van der Waals surface area contributed by atoms with Crippen molar-refractivity contribution in [2.24, 2.45) is 4.99 Å². The quantitative estimate of drug-likeness (QED) is 0.447. The van der Waals surface area contributed by atoms with Gasteiger partial charge in [0.2, 0.25) is 0 Å². The Morgan fingerprint density at radius 3 is 2.67 bits per heavy atom. The van der Waals surface area contributed by atoms with E-state index in [1.807, 2.05) is 12.4 Å². The first-order valence-electron chi connectivity index (χ1n) is 10.5. The first-order valence-corrected chi connectivity index (χ1v) is 10.5. The van der Waals surface area contributed by atoms with Gasteiger partial charge in [-0.3, -0.25) is 9.56 Å². The number of hydrogen-bond donors (Lipinski definition) is 0. The Morgan fingerprint density at radius 2 is 1.93 bits per heavy atom. The summed E-state index contributed by atoms with van der Waals surface area (Å²) in [5, 5.41) is 0. The molecule has 5 nitrogen and oxygen atoms in total. The van der Waals surface area contributed by atoms with E-state index >= 15 is 0 Å². The van der Waals surface area contributed by atoms with Crippen LogP contribution in [0, 0.1) is 0 Å². The fourth-order valence-electron chi connectivity index (χ4n) is 4.57. The standard InChI is InChI=1S/C25H22N4O/c1-16-25-24(22-13-26-15-30-22)27-14-29(25)21-11-10-19(17-8-5-9-17)12-20(21)23(28-16)18-6-3-2-4-7-18/h2-4,6-7,10-17H,5,8-9H2,1H3/t16-/m0/s1. The molecule has 0 radical (unpaired) electrons. The summed E-state index contributed by atoms with van der Waals surface area (Å²) in [7, 11) is 0. The number of hydrogen-bond acceptors (Lipinski definition) is 4. The predicted molar refractivity (Wildman–Crippen MR) is 116 cm³/mol. The van der Waals surface area contributed by atoms with E-state index < -0.39 is 0 Å². The normalized spacial score (nSPS) is 18.2. The summed E-state index contributed by atoms with van der Waals surface area (Å²) in [5.74, 6) is 1.33. The van der Waals surface area contributed by atoms with Crippen molar-refractivity contribution < 1.29 is 4.42 Å². The summed E-state index contributed by atoms with van der Waals surface area (Å²) >= 11 is 0. The van der Waals surface area contributed by atoms with Crippen LogP contribution in [0.1, 0.15) is 60.5 Å². The zero-order valence-electron chi connectivity index (χ0n) is 16.8. The van der Waals surface area contributed by atoms with Crippen LogP contribution in [-0.4, -0.2) is 20.2 Å². The highest BCUT2D eigenvalue weighted by Gasteiger charge is 2.29. The number of aromatic nitrogens is 3. The topological polar surface area (TPSA) is 56.2 Å². The van der Waals surface area contributed by atoms with Crippen LogP contribution in [-0.2, 0) is 0 Å². The van der Waals surface area contributed by atoms with Gasteiger partial charge in [-0.15, -0.1) is 0 Å². The van der Waals surface area contributed by atoms with Gasteiger partial charge in [0.1, 0.15) is 12.0 Å². The first kappa shape index (κ1) is 17.4. The second-order valence-corrected chi connectivity index (χ2v) is 8.14. The summed E-state index contributed by atoms with van der Waals surface area (Å²) in [6.45, 7) is 2.12. The van der Waals surface area contributed by atoms with Crippen molar-refractivity contribution in [2.75, 3.05) is 0 Å². The van der Waals surface area contributed by atoms with Gasteiger partial charge in [-0.1, -0.05) is 42.8 Å². The molecule has 0 N–H and O–H groups in total. The Hall–Kier alpha value is -3.47. The van der Waals surface area contributed by atoms with Gasteiger partial charge in [-0.05, 0) is 43.4 Å². The van der Waals surface area contributed by atoms with Gasteiger partial charge in [0, 0.05) is 11.1 Å². The molecule has 0 spiro atoms. The fourth-order valence-corrected chi connectivity index (χ4v) is 4.57. The van der Waals surface area contributed by atoms with E-state index in [-0.39, 0.29) is 6.04 Å². The molecule has 1 atom stereocenters. The average molecular weight is 394 g/mol. The van der Waals surface area contributed by atoms with Gasteiger partial charge >= 0.3 is 0 Å². The zero-order valence-corrected chi connectivity index (χ0v) is 16.8. The molecule has 1 aliphatic heterocycles. The Kier molecular flexibility index (Phi) is 3.94. The molecule has 148 valence electrons. The molecule has 3 heterocycles. The van der Waals surface area contributed by atoms with Crippen molar-refractivity contribution in [1.82, 2.24) is 14.5 Å². The molecule has 5 heteroatoms. The molecule has 0 amide bonds. The van der Waals surface area contributed by atoms with E-state index in [4.69, 9.17) is 9.41 Å². The molecule has 2 aromatic heterocycles. The van der Waals surface area contributed by atoms with E-state index in [0.717, 1.165) is 33.9 Å². The molecular formula is C25H22N4O. The summed E-state index contributed by atoms with van der Waals surface area (Å²) in [6.07, 6.45) is 8.92. The lowest BCUT2D eigenvalue weighted by atomic mass is 9.79. The molecule has 30 heavy (non-hydrogen) atoms. The Bertz CT molecular complexity index is 1230. The summed E-state index contributed by atoms with van der Waals surface area (Å²) in [5.41, 5.74) is 7.68. The second kappa shape index (κ2) is 6.80. The van der Waals surface area contributed by atoms with Gasteiger partial charge < -0.3 is 4.42 Å². The maximum Gasteiger partial charge on any atom is 0.181 e. The highest BCUT2D eigenvalue weighted by molar-refractivity contribution is 6.15. The van der Waals surface area contributed by atoms with Crippen molar-refractivity contribution in [3.63, 3.8) is 0 Å². The van der Waals surface area contributed by atoms with Crippen molar-refractivity contribution in [3.05, 3.63) is 89.8 Å². The van der Waals surface area contributed by atoms with Gasteiger partial charge in [-0.25, -0.2) is 9.97 Å². The summed E-state index contributed by atoms with van der Waals surface area (Å²) in [6, 6.07) is 17.3. The Balaban J connectivity index is 1.60. The van der Waals surface area contributed by atoms with Crippen LogP contribution in [0.5, 0.6) is 0 Å². The van der Waals surface area contributed by atoms with Gasteiger partial charge in [-0.2, -0.15) is 0 Å².